The molecule has 21 heavy (non-hydrogen) atoms. The zero-order valence-corrected chi connectivity index (χ0v) is 13.0. The molecule has 0 aromatic heterocycles. The Labute approximate surface area is 128 Å². The first-order chi connectivity index (χ1) is 10.1. The van der Waals surface area contributed by atoms with Gasteiger partial charge in [0, 0.05) is 17.1 Å². The van der Waals surface area contributed by atoms with Gasteiger partial charge in [0.25, 0.3) is 0 Å². The lowest BCUT2D eigenvalue weighted by Gasteiger charge is -2.11. The van der Waals surface area contributed by atoms with Gasteiger partial charge in [-0.1, -0.05) is 0 Å². The van der Waals surface area contributed by atoms with Crippen LogP contribution in [0.15, 0.2) is 29.2 Å². The first-order valence-electron chi connectivity index (χ1n) is 6.63. The number of carbonyl (C=O) groups excluding carboxylic acids is 1. The smallest absolute Gasteiger partial charge is 0.307 e. The fraction of sp³-hybridized carbons (Fsp3) is 0.467. The van der Waals surface area contributed by atoms with Crippen LogP contribution in [0.1, 0.15) is 19.3 Å². The van der Waals surface area contributed by atoms with Gasteiger partial charge in [0.1, 0.15) is 5.75 Å². The molecule has 0 bridgehead atoms. The molecule has 1 aromatic carbocycles. The van der Waals surface area contributed by atoms with Gasteiger partial charge in [0.05, 0.1) is 20.1 Å². The van der Waals surface area contributed by atoms with E-state index in [4.69, 9.17) is 4.74 Å². The van der Waals surface area contributed by atoms with Crippen LogP contribution in [0, 0.1) is 5.92 Å². The highest BCUT2D eigenvalue weighted by atomic mass is 32.2. The van der Waals surface area contributed by atoms with E-state index in [1.54, 1.807) is 7.11 Å². The number of hydrogen-bond acceptors (Lipinski definition) is 5. The summed E-state index contributed by atoms with van der Waals surface area (Å²) in [5.74, 6) is -0.361. The number of benzene rings is 1. The molecule has 0 saturated heterocycles. The van der Waals surface area contributed by atoms with Crippen molar-refractivity contribution in [2.45, 2.75) is 24.2 Å². The quantitative estimate of drug-likeness (QED) is 0.558. The molecule has 1 N–H and O–H groups in total. The maximum atomic E-state index is 11.2. The second-order valence-corrected chi connectivity index (χ2v) is 5.58. The van der Waals surface area contributed by atoms with Gasteiger partial charge in [-0.05, 0) is 37.1 Å². The summed E-state index contributed by atoms with van der Waals surface area (Å²) in [6.45, 7) is 0. The fourth-order valence-corrected chi connectivity index (χ4v) is 2.77. The molecule has 0 heterocycles. The van der Waals surface area contributed by atoms with Gasteiger partial charge in [-0.15, -0.1) is 11.8 Å². The minimum absolute atomic E-state index is 0.257. The molecule has 1 rings (SSSR count). The monoisotopic (exact) mass is 312 g/mol. The van der Waals surface area contributed by atoms with Crippen molar-refractivity contribution in [2.75, 3.05) is 20.0 Å². The molecule has 6 heteroatoms. The summed E-state index contributed by atoms with van der Waals surface area (Å²) in [6, 6.07) is 7.48. The number of methoxy groups -OCH3 is 2. The van der Waals surface area contributed by atoms with Gasteiger partial charge in [-0.25, -0.2) is 0 Å². The van der Waals surface area contributed by atoms with Gasteiger partial charge in [-0.2, -0.15) is 0 Å². The normalized spacial score (nSPS) is 11.7. The summed E-state index contributed by atoms with van der Waals surface area (Å²) in [5.41, 5.74) is 0. The van der Waals surface area contributed by atoms with Crippen LogP contribution < -0.4 is 4.74 Å². The van der Waals surface area contributed by atoms with E-state index < -0.39 is 11.9 Å². The molecule has 0 aliphatic heterocycles. The van der Waals surface area contributed by atoms with Crippen molar-refractivity contribution in [1.82, 2.24) is 0 Å². The van der Waals surface area contributed by atoms with Crippen LogP contribution in [-0.4, -0.2) is 37.0 Å². The van der Waals surface area contributed by atoms with E-state index >= 15 is 0 Å². The van der Waals surface area contributed by atoms with E-state index in [1.807, 2.05) is 24.3 Å². The zero-order valence-electron chi connectivity index (χ0n) is 12.2. The van der Waals surface area contributed by atoms with E-state index in [0.29, 0.717) is 18.6 Å². The topological polar surface area (TPSA) is 72.8 Å². The summed E-state index contributed by atoms with van der Waals surface area (Å²) >= 11 is 1.49. The van der Waals surface area contributed by atoms with E-state index in [9.17, 15) is 14.7 Å². The first kappa shape index (κ1) is 17.4. The van der Waals surface area contributed by atoms with Gasteiger partial charge < -0.3 is 14.6 Å². The van der Waals surface area contributed by atoms with Crippen LogP contribution in [0.3, 0.4) is 0 Å². The summed E-state index contributed by atoms with van der Waals surface area (Å²) in [7, 11) is 2.93. The second kappa shape index (κ2) is 9.28. The molecule has 1 aromatic rings. The third-order valence-electron chi connectivity index (χ3n) is 3.02. The minimum Gasteiger partial charge on any atom is -0.497 e. The molecule has 116 valence electrons. The summed E-state index contributed by atoms with van der Waals surface area (Å²) in [4.78, 5) is 23.2. The van der Waals surface area contributed by atoms with E-state index in [2.05, 4.69) is 4.74 Å². The average Bonchev–Trinajstić information content (AvgIpc) is 2.50. The van der Waals surface area contributed by atoms with Crippen LogP contribution in [0.4, 0.5) is 0 Å². The third kappa shape index (κ3) is 6.53. The standard InChI is InChI=1S/C15H20O5S/c1-19-12-6-8-13(9-7-12)21-10-11(15(17)18)4-3-5-14(16)20-2/h6-9,11H,3-5,10H2,1-2H3,(H,17,18). The number of carbonyl (C=O) groups is 2. The number of ether oxygens (including phenoxy) is 2. The van der Waals surface area contributed by atoms with Crippen molar-refractivity contribution in [3.63, 3.8) is 0 Å². The van der Waals surface area contributed by atoms with Crippen molar-refractivity contribution in [3.05, 3.63) is 24.3 Å². The molecule has 0 saturated carbocycles. The van der Waals surface area contributed by atoms with Crippen LogP contribution in [-0.2, 0) is 14.3 Å². The Kier molecular flexibility index (Phi) is 7.68. The van der Waals surface area contributed by atoms with Gasteiger partial charge >= 0.3 is 11.9 Å². The number of carboxylic acid groups (broad SMARTS) is 1. The first-order valence-corrected chi connectivity index (χ1v) is 7.62. The Hall–Kier alpha value is -1.69. The van der Waals surface area contributed by atoms with E-state index in [0.717, 1.165) is 10.6 Å². The van der Waals surface area contributed by atoms with Crippen LogP contribution in [0.2, 0.25) is 0 Å². The molecule has 0 spiro atoms. The van der Waals surface area contributed by atoms with E-state index in [1.165, 1.54) is 18.9 Å². The highest BCUT2D eigenvalue weighted by molar-refractivity contribution is 7.99. The number of aliphatic carboxylic acids is 1. The van der Waals surface area contributed by atoms with Crippen LogP contribution in [0.5, 0.6) is 5.75 Å². The molecule has 1 unspecified atom stereocenters. The summed E-state index contributed by atoms with van der Waals surface area (Å²) in [5, 5.41) is 9.21. The van der Waals surface area contributed by atoms with Crippen LogP contribution in [0.25, 0.3) is 0 Å². The van der Waals surface area contributed by atoms with Gasteiger partial charge in [0.2, 0.25) is 0 Å². The molecular weight excluding hydrogens is 292 g/mol. The average molecular weight is 312 g/mol. The number of hydrogen-bond donors (Lipinski definition) is 1. The highest BCUT2D eigenvalue weighted by Gasteiger charge is 2.18. The zero-order chi connectivity index (χ0) is 15.7. The van der Waals surface area contributed by atoms with Gasteiger partial charge in [-0.3, -0.25) is 9.59 Å². The Morgan fingerprint density at radius 3 is 2.43 bits per heavy atom. The van der Waals surface area contributed by atoms with Crippen molar-refractivity contribution in [3.8, 4) is 5.75 Å². The maximum Gasteiger partial charge on any atom is 0.307 e. The Balaban J connectivity index is 2.42. The minimum atomic E-state index is -0.833. The molecule has 0 radical (unpaired) electrons. The Morgan fingerprint density at radius 1 is 1.24 bits per heavy atom. The van der Waals surface area contributed by atoms with Gasteiger partial charge in [0.15, 0.2) is 0 Å². The lowest BCUT2D eigenvalue weighted by Crippen LogP contribution is -2.16. The number of thioether (sulfide) groups is 1. The predicted molar refractivity (Wildman–Crippen MR) is 80.7 cm³/mol. The number of carboxylic acids is 1. The Morgan fingerprint density at radius 2 is 1.90 bits per heavy atom. The lowest BCUT2D eigenvalue weighted by atomic mass is 10.0. The fourth-order valence-electron chi connectivity index (χ4n) is 1.74. The lowest BCUT2D eigenvalue weighted by molar-refractivity contribution is -0.143. The largest absolute Gasteiger partial charge is 0.497 e. The Bertz CT molecular complexity index is 458. The molecule has 5 nitrogen and oxygen atoms in total. The summed E-state index contributed by atoms with van der Waals surface area (Å²) in [6.07, 6.45) is 1.24. The van der Waals surface area contributed by atoms with Crippen molar-refractivity contribution in [2.24, 2.45) is 5.92 Å². The van der Waals surface area contributed by atoms with Crippen molar-refractivity contribution in [1.29, 1.82) is 0 Å². The highest BCUT2D eigenvalue weighted by Crippen LogP contribution is 2.25. The number of esters is 1. The van der Waals surface area contributed by atoms with Crippen LogP contribution >= 0.6 is 11.8 Å². The maximum absolute atomic E-state index is 11.2. The molecule has 1 atom stereocenters. The molecule has 0 fully saturated rings. The molecule has 0 amide bonds. The van der Waals surface area contributed by atoms with Crippen molar-refractivity contribution >= 4 is 23.7 Å². The predicted octanol–water partition coefficient (Wildman–Crippen LogP) is 2.83. The SMILES string of the molecule is COC(=O)CCCC(CSc1ccc(OC)cc1)C(=O)O. The van der Waals surface area contributed by atoms with Crippen molar-refractivity contribution < 1.29 is 24.2 Å². The summed E-state index contributed by atoms with van der Waals surface area (Å²) < 4.78 is 9.61. The molecular formula is C15H20O5S. The third-order valence-corrected chi connectivity index (χ3v) is 4.20. The number of rotatable bonds is 9. The molecule has 0 aliphatic rings. The molecule has 0 aliphatic carbocycles. The van der Waals surface area contributed by atoms with E-state index in [-0.39, 0.29) is 12.4 Å². The second-order valence-electron chi connectivity index (χ2n) is 4.49.